The van der Waals surface area contributed by atoms with E-state index >= 15 is 0 Å². The maximum Gasteiger partial charge on any atom is 0.306 e. The lowest BCUT2D eigenvalue weighted by Crippen LogP contribution is -2.60. The van der Waals surface area contributed by atoms with Gasteiger partial charge in [0, 0.05) is 12.8 Å². The Kier molecular flexibility index (Phi) is 38.2. The van der Waals surface area contributed by atoms with Crippen LogP contribution in [0.15, 0.2) is 72.9 Å². The molecular formula is C52H88O12S. The van der Waals surface area contributed by atoms with Gasteiger partial charge in [0.15, 0.2) is 12.4 Å². The molecule has 0 bridgehead atoms. The van der Waals surface area contributed by atoms with E-state index in [1.807, 2.05) is 0 Å². The summed E-state index contributed by atoms with van der Waals surface area (Å²) in [6.45, 7) is 3.62. The quantitative estimate of drug-likeness (QED) is 0.0197. The first-order chi connectivity index (χ1) is 31.5. The summed E-state index contributed by atoms with van der Waals surface area (Å²) < 4.78 is 54.2. The molecule has 4 N–H and O–H groups in total. The summed E-state index contributed by atoms with van der Waals surface area (Å²) in [5.41, 5.74) is 0. The number of hydrogen-bond acceptors (Lipinski definition) is 11. The van der Waals surface area contributed by atoms with Crippen LogP contribution in [-0.2, 0) is 38.7 Å². The van der Waals surface area contributed by atoms with Gasteiger partial charge in [-0.2, -0.15) is 8.42 Å². The van der Waals surface area contributed by atoms with E-state index in [-0.39, 0.29) is 19.4 Å². The van der Waals surface area contributed by atoms with Crippen LogP contribution in [0.5, 0.6) is 0 Å². The molecule has 0 aromatic rings. The highest BCUT2D eigenvalue weighted by Crippen LogP contribution is 2.24. The van der Waals surface area contributed by atoms with Crippen LogP contribution in [0.4, 0.5) is 0 Å². The number of carbonyl (C=O) groups excluding carboxylic acids is 2. The zero-order valence-electron chi connectivity index (χ0n) is 40.1. The normalized spacial score (nSPS) is 20.1. The summed E-state index contributed by atoms with van der Waals surface area (Å²) in [6, 6.07) is 0. The largest absolute Gasteiger partial charge is 0.462 e. The first-order valence-electron chi connectivity index (χ1n) is 25.0. The van der Waals surface area contributed by atoms with E-state index in [1.54, 1.807) is 0 Å². The molecule has 374 valence electrons. The Hall–Kier alpha value is -2.91. The predicted molar refractivity (Wildman–Crippen MR) is 261 cm³/mol. The van der Waals surface area contributed by atoms with Gasteiger partial charge in [-0.3, -0.25) is 14.1 Å². The highest BCUT2D eigenvalue weighted by molar-refractivity contribution is 7.85. The highest BCUT2D eigenvalue weighted by Gasteiger charge is 2.46. The fourth-order valence-corrected chi connectivity index (χ4v) is 7.86. The second-order valence-corrected chi connectivity index (χ2v) is 18.6. The molecule has 1 aliphatic heterocycles. The minimum absolute atomic E-state index is 0.143. The topological polar surface area (TPSA) is 186 Å². The number of allylic oxidation sites excluding steroid dienone is 12. The van der Waals surface area contributed by atoms with Crippen molar-refractivity contribution in [2.45, 2.75) is 224 Å². The van der Waals surface area contributed by atoms with Crippen molar-refractivity contribution in [2.75, 3.05) is 19.0 Å². The Labute approximate surface area is 393 Å². The minimum Gasteiger partial charge on any atom is -0.462 e. The molecule has 0 aromatic carbocycles. The van der Waals surface area contributed by atoms with E-state index in [9.17, 15) is 37.9 Å². The molecule has 6 unspecified atom stereocenters. The average molecular weight is 937 g/mol. The third-order valence-electron chi connectivity index (χ3n) is 11.0. The fraction of sp³-hybridized carbons (Fsp3) is 0.731. The van der Waals surface area contributed by atoms with Crippen LogP contribution in [-0.4, -0.2) is 96.0 Å². The van der Waals surface area contributed by atoms with Gasteiger partial charge in [0.05, 0.1) is 6.61 Å². The summed E-state index contributed by atoms with van der Waals surface area (Å²) in [7, 11) is -4.61. The molecule has 0 aromatic heterocycles. The van der Waals surface area contributed by atoms with Gasteiger partial charge in [0.2, 0.25) is 0 Å². The number of rotatable bonds is 41. The molecule has 0 spiro atoms. The molecule has 1 aliphatic rings. The van der Waals surface area contributed by atoms with Gasteiger partial charge in [-0.25, -0.2) is 0 Å². The molecule has 0 aliphatic carbocycles. The lowest BCUT2D eigenvalue weighted by molar-refractivity contribution is -0.297. The van der Waals surface area contributed by atoms with Crippen LogP contribution in [0.3, 0.4) is 0 Å². The van der Waals surface area contributed by atoms with Crippen LogP contribution in [0.1, 0.15) is 187 Å². The Morgan fingerprint density at radius 3 is 1.45 bits per heavy atom. The van der Waals surface area contributed by atoms with Crippen LogP contribution < -0.4 is 0 Å². The number of aliphatic hydroxyl groups excluding tert-OH is 3. The van der Waals surface area contributed by atoms with Gasteiger partial charge in [-0.1, -0.05) is 164 Å². The lowest BCUT2D eigenvalue weighted by atomic mass is 10.00. The summed E-state index contributed by atoms with van der Waals surface area (Å²) in [5, 5.41) is 31.0. The first kappa shape index (κ1) is 60.1. The van der Waals surface area contributed by atoms with Crippen molar-refractivity contribution >= 4 is 22.1 Å². The predicted octanol–water partition coefficient (Wildman–Crippen LogP) is 11.1. The van der Waals surface area contributed by atoms with Crippen molar-refractivity contribution in [3.8, 4) is 0 Å². The number of hydrogen-bond donors (Lipinski definition) is 4. The molecule has 0 radical (unpaired) electrons. The van der Waals surface area contributed by atoms with Crippen LogP contribution >= 0.6 is 0 Å². The van der Waals surface area contributed by atoms with E-state index in [4.69, 9.17) is 18.9 Å². The van der Waals surface area contributed by atoms with E-state index < -0.39 is 71.2 Å². The molecule has 6 atom stereocenters. The molecule has 65 heavy (non-hydrogen) atoms. The van der Waals surface area contributed by atoms with Gasteiger partial charge in [0.1, 0.15) is 36.8 Å². The molecule has 0 amide bonds. The average Bonchev–Trinajstić information content (AvgIpc) is 3.27. The molecule has 1 heterocycles. The lowest BCUT2D eigenvalue weighted by Gasteiger charge is -2.40. The molecular weight excluding hydrogens is 849 g/mol. The monoisotopic (exact) mass is 937 g/mol. The smallest absolute Gasteiger partial charge is 0.306 e. The van der Waals surface area contributed by atoms with Crippen molar-refractivity contribution in [3.05, 3.63) is 72.9 Å². The number of esters is 2. The van der Waals surface area contributed by atoms with Crippen molar-refractivity contribution in [1.82, 2.24) is 0 Å². The Morgan fingerprint density at radius 1 is 0.538 bits per heavy atom. The maximum absolute atomic E-state index is 12.9. The second kappa shape index (κ2) is 41.3. The van der Waals surface area contributed by atoms with Crippen LogP contribution in [0.25, 0.3) is 0 Å². The van der Waals surface area contributed by atoms with E-state index in [2.05, 4.69) is 86.8 Å². The number of unbranched alkanes of at least 4 members (excludes halogenated alkanes) is 17. The van der Waals surface area contributed by atoms with Gasteiger partial charge >= 0.3 is 11.9 Å². The molecule has 12 nitrogen and oxygen atoms in total. The van der Waals surface area contributed by atoms with E-state index in [0.29, 0.717) is 12.8 Å². The third-order valence-corrected chi connectivity index (χ3v) is 11.8. The maximum atomic E-state index is 12.9. The van der Waals surface area contributed by atoms with Crippen LogP contribution in [0.2, 0.25) is 0 Å². The summed E-state index contributed by atoms with van der Waals surface area (Å²) in [5.74, 6) is -2.02. The zero-order valence-corrected chi connectivity index (χ0v) is 40.9. The Balaban J connectivity index is 2.42. The van der Waals surface area contributed by atoms with Gasteiger partial charge in [-0.05, 0) is 83.5 Å². The van der Waals surface area contributed by atoms with E-state index in [0.717, 1.165) is 103 Å². The van der Waals surface area contributed by atoms with Crippen molar-refractivity contribution < 1.29 is 56.8 Å². The first-order valence-corrected chi connectivity index (χ1v) is 26.6. The minimum atomic E-state index is -4.61. The third kappa shape index (κ3) is 35.9. The van der Waals surface area contributed by atoms with Gasteiger partial charge in [0.25, 0.3) is 10.1 Å². The molecule has 1 rings (SSSR count). The highest BCUT2D eigenvalue weighted by atomic mass is 32.2. The fourth-order valence-electron chi connectivity index (χ4n) is 7.17. The number of aliphatic hydroxyl groups is 3. The molecule has 0 saturated carbocycles. The van der Waals surface area contributed by atoms with Crippen molar-refractivity contribution in [2.24, 2.45) is 0 Å². The van der Waals surface area contributed by atoms with Crippen molar-refractivity contribution in [3.63, 3.8) is 0 Å². The molecule has 1 saturated heterocycles. The summed E-state index contributed by atoms with van der Waals surface area (Å²) in [6.07, 6.45) is 43.6. The number of carbonyl (C=O) groups is 2. The molecule has 13 heteroatoms. The summed E-state index contributed by atoms with van der Waals surface area (Å²) in [4.78, 5) is 25.5. The van der Waals surface area contributed by atoms with Crippen LogP contribution in [0, 0.1) is 0 Å². The Morgan fingerprint density at radius 2 is 0.969 bits per heavy atom. The van der Waals surface area contributed by atoms with Crippen molar-refractivity contribution in [1.29, 1.82) is 0 Å². The number of ether oxygens (including phenoxy) is 4. The summed E-state index contributed by atoms with van der Waals surface area (Å²) >= 11 is 0. The van der Waals surface area contributed by atoms with E-state index in [1.165, 1.54) is 44.9 Å². The standard InChI is InChI=1S/C52H88O12S/c1-3-5-7-9-11-13-15-17-19-21-23-25-27-29-31-33-35-37-39-41-48(54)63-45(43-62-52-51(57)50(56)49(55)46(64-52)44-65(58,59)60)42-61-47(53)40-38-36-34-32-30-28-26-24-22-20-18-16-14-12-10-8-6-4-2/h5,7,11,13-14,16-17,19-20,22-23,25,45-46,49-52,55-57H,3-4,6,8-10,12,15,18,21,24,26-44H2,1-2H3,(H,58,59,60)/b7-5-,13-11-,16-14-,19-17-,22-20-,25-23-. The zero-order chi connectivity index (χ0) is 47.6. The van der Waals surface area contributed by atoms with Gasteiger partial charge in [-0.15, -0.1) is 0 Å². The second-order valence-electron chi connectivity index (χ2n) is 17.1. The van der Waals surface area contributed by atoms with Gasteiger partial charge < -0.3 is 34.3 Å². The molecule has 1 fully saturated rings. The Bertz CT molecular complexity index is 1470. The SMILES string of the molecule is CC/C=C\C/C=C\C/C=C\C/C=C\CCCCCCCCC(=O)OC(COC(=O)CCCCCCCCC/C=C\C/C=C\CCCCCC)COC1OC(CS(=O)(=O)O)C(O)C(O)C1O.